The minimum atomic E-state index is -0.0680. The lowest BCUT2D eigenvalue weighted by atomic mass is 10.0. The van der Waals surface area contributed by atoms with Gasteiger partial charge in [-0.05, 0) is 12.1 Å². The van der Waals surface area contributed by atoms with Gasteiger partial charge in [0.05, 0.1) is 29.4 Å². The van der Waals surface area contributed by atoms with Crippen LogP contribution in [-0.2, 0) is 9.53 Å². The molecule has 0 spiro atoms. The molecule has 3 heterocycles. The predicted molar refractivity (Wildman–Crippen MR) is 114 cm³/mol. The Kier molecular flexibility index (Phi) is 4.43. The number of rotatable bonds is 3. The molecule has 0 saturated carbocycles. The first-order valence-corrected chi connectivity index (χ1v) is 10.1. The van der Waals surface area contributed by atoms with Crippen LogP contribution >= 0.6 is 11.3 Å². The Labute approximate surface area is 167 Å². The van der Waals surface area contributed by atoms with E-state index >= 15 is 0 Å². The van der Waals surface area contributed by atoms with Crippen LogP contribution in [0.25, 0.3) is 22.9 Å². The quantitative estimate of drug-likeness (QED) is 0.684. The summed E-state index contributed by atoms with van der Waals surface area (Å²) in [5, 5.41) is 3.92. The van der Waals surface area contributed by atoms with Crippen molar-refractivity contribution >= 4 is 39.7 Å². The molecule has 1 aromatic heterocycles. The minimum Gasteiger partial charge on any atom is -0.378 e. The molecule has 1 amide bonds. The van der Waals surface area contributed by atoms with E-state index in [1.54, 1.807) is 11.3 Å². The number of morpholine rings is 1. The molecule has 0 bridgehead atoms. The van der Waals surface area contributed by atoms with Gasteiger partial charge < -0.3 is 15.0 Å². The van der Waals surface area contributed by atoms with Crippen LogP contribution in [0.2, 0.25) is 0 Å². The summed E-state index contributed by atoms with van der Waals surface area (Å²) in [6, 6.07) is 17.9. The van der Waals surface area contributed by atoms with E-state index in [9.17, 15) is 4.79 Å². The number of hydrogen-bond donors (Lipinski definition) is 1. The van der Waals surface area contributed by atoms with Crippen LogP contribution in [0.1, 0.15) is 10.4 Å². The third kappa shape index (κ3) is 3.10. The Morgan fingerprint density at radius 2 is 1.79 bits per heavy atom. The summed E-state index contributed by atoms with van der Waals surface area (Å²) in [7, 11) is 0. The zero-order chi connectivity index (χ0) is 18.9. The van der Waals surface area contributed by atoms with Crippen LogP contribution in [0, 0.1) is 0 Å². The van der Waals surface area contributed by atoms with Gasteiger partial charge in [0.15, 0.2) is 5.13 Å². The Hall–Kier alpha value is -2.96. The number of para-hydroxylation sites is 1. The summed E-state index contributed by atoms with van der Waals surface area (Å²) < 4.78 is 5.47. The summed E-state index contributed by atoms with van der Waals surface area (Å²) in [6.07, 6.45) is 1.98. The molecule has 2 aliphatic heterocycles. The maximum Gasteiger partial charge on any atom is 0.256 e. The molecule has 2 aromatic carbocycles. The largest absolute Gasteiger partial charge is 0.378 e. The zero-order valence-electron chi connectivity index (χ0n) is 15.2. The summed E-state index contributed by atoms with van der Waals surface area (Å²) in [5.41, 5.74) is 4.45. The smallest absolute Gasteiger partial charge is 0.256 e. The van der Waals surface area contributed by atoms with Gasteiger partial charge in [-0.1, -0.05) is 59.9 Å². The monoisotopic (exact) mass is 389 g/mol. The molecule has 1 saturated heterocycles. The molecule has 2 aliphatic rings. The van der Waals surface area contributed by atoms with Crippen LogP contribution < -0.4 is 10.2 Å². The van der Waals surface area contributed by atoms with Gasteiger partial charge in [0.2, 0.25) is 0 Å². The van der Waals surface area contributed by atoms with E-state index in [4.69, 9.17) is 9.72 Å². The van der Waals surface area contributed by atoms with Crippen molar-refractivity contribution in [3.63, 3.8) is 0 Å². The van der Waals surface area contributed by atoms with E-state index in [1.165, 1.54) is 0 Å². The highest BCUT2D eigenvalue weighted by Crippen LogP contribution is 2.39. The zero-order valence-corrected chi connectivity index (χ0v) is 16.0. The molecular weight excluding hydrogens is 370 g/mol. The van der Waals surface area contributed by atoms with Crippen LogP contribution in [-0.4, -0.2) is 37.2 Å². The number of fused-ring (bicyclic) bond motifs is 1. The van der Waals surface area contributed by atoms with Crippen LogP contribution in [0.15, 0.2) is 54.6 Å². The lowest BCUT2D eigenvalue weighted by molar-refractivity contribution is -0.110. The van der Waals surface area contributed by atoms with Crippen molar-refractivity contribution < 1.29 is 9.53 Å². The SMILES string of the molecule is O=C1Nc2ccccc2/C1=C/c1sc(N2CCOCC2)nc1-c1ccccc1. The minimum absolute atomic E-state index is 0.0680. The molecule has 140 valence electrons. The number of hydrogen-bond acceptors (Lipinski definition) is 5. The number of nitrogens with one attached hydrogen (secondary N) is 1. The third-order valence-corrected chi connectivity index (χ3v) is 6.02. The van der Waals surface area contributed by atoms with Crippen molar-refractivity contribution in [1.82, 2.24) is 4.98 Å². The first kappa shape index (κ1) is 17.2. The standard InChI is InChI=1S/C22H19N3O2S/c26-21-17(16-8-4-5-9-18(16)23-21)14-19-20(15-6-2-1-3-7-15)24-22(28-19)25-10-12-27-13-11-25/h1-9,14H,10-13H2,(H,23,26)/b17-14-. The van der Waals surface area contributed by atoms with E-state index in [1.807, 2.05) is 48.5 Å². The molecule has 1 N–H and O–H groups in total. The molecule has 0 aliphatic carbocycles. The second-order valence-electron chi connectivity index (χ2n) is 6.73. The maximum atomic E-state index is 12.6. The summed E-state index contributed by atoms with van der Waals surface area (Å²) >= 11 is 1.63. The summed E-state index contributed by atoms with van der Waals surface area (Å²) in [4.78, 5) is 20.8. The lowest BCUT2D eigenvalue weighted by Gasteiger charge is -2.26. The molecule has 0 atom stereocenters. The number of carbonyl (C=O) groups excluding carboxylic acids is 1. The first-order valence-electron chi connectivity index (χ1n) is 9.31. The number of aromatic nitrogens is 1. The Balaban J connectivity index is 1.62. The topological polar surface area (TPSA) is 54.5 Å². The predicted octanol–water partition coefficient (Wildman–Crippen LogP) is 4.14. The van der Waals surface area contributed by atoms with Gasteiger partial charge in [0, 0.05) is 29.9 Å². The highest BCUT2D eigenvalue weighted by Gasteiger charge is 2.25. The van der Waals surface area contributed by atoms with Gasteiger partial charge >= 0.3 is 0 Å². The molecule has 0 radical (unpaired) electrons. The fraction of sp³-hybridized carbons (Fsp3) is 0.182. The van der Waals surface area contributed by atoms with Crippen molar-refractivity contribution in [2.75, 3.05) is 36.5 Å². The van der Waals surface area contributed by atoms with Gasteiger partial charge in [0.1, 0.15) is 0 Å². The number of nitrogens with zero attached hydrogens (tertiary/aromatic N) is 2. The molecule has 28 heavy (non-hydrogen) atoms. The van der Waals surface area contributed by atoms with Gasteiger partial charge in [-0.3, -0.25) is 4.79 Å². The van der Waals surface area contributed by atoms with E-state index in [2.05, 4.69) is 22.3 Å². The van der Waals surface area contributed by atoms with E-state index in [0.29, 0.717) is 18.8 Å². The molecule has 6 heteroatoms. The highest BCUT2D eigenvalue weighted by atomic mass is 32.1. The fourth-order valence-corrected chi connectivity index (χ4v) is 4.61. The number of anilines is 2. The average Bonchev–Trinajstić information content (AvgIpc) is 3.31. The molecule has 0 unspecified atom stereocenters. The Bertz CT molecular complexity index is 1050. The third-order valence-electron chi connectivity index (χ3n) is 4.96. The van der Waals surface area contributed by atoms with Crippen molar-refractivity contribution in [1.29, 1.82) is 0 Å². The summed E-state index contributed by atoms with van der Waals surface area (Å²) in [5.74, 6) is -0.0680. The van der Waals surface area contributed by atoms with Crippen LogP contribution in [0.4, 0.5) is 10.8 Å². The van der Waals surface area contributed by atoms with Gasteiger partial charge in [0.25, 0.3) is 5.91 Å². The highest BCUT2D eigenvalue weighted by molar-refractivity contribution is 7.17. The fourth-order valence-electron chi connectivity index (χ4n) is 3.52. The lowest BCUT2D eigenvalue weighted by Crippen LogP contribution is -2.36. The van der Waals surface area contributed by atoms with Crippen molar-refractivity contribution in [2.45, 2.75) is 0 Å². The molecule has 5 nitrogen and oxygen atoms in total. The van der Waals surface area contributed by atoms with E-state index < -0.39 is 0 Å². The molecule has 5 rings (SSSR count). The van der Waals surface area contributed by atoms with Gasteiger partial charge in [-0.2, -0.15) is 0 Å². The first-order chi connectivity index (χ1) is 13.8. The van der Waals surface area contributed by atoms with Crippen molar-refractivity contribution in [3.8, 4) is 11.3 Å². The van der Waals surface area contributed by atoms with Gasteiger partial charge in [-0.25, -0.2) is 4.98 Å². The normalized spacial score (nSPS) is 17.6. The van der Waals surface area contributed by atoms with Crippen LogP contribution in [0.5, 0.6) is 0 Å². The van der Waals surface area contributed by atoms with Crippen LogP contribution in [0.3, 0.4) is 0 Å². The van der Waals surface area contributed by atoms with Crippen molar-refractivity contribution in [2.24, 2.45) is 0 Å². The van der Waals surface area contributed by atoms with E-state index in [0.717, 1.165) is 45.6 Å². The van der Waals surface area contributed by atoms with Crippen molar-refractivity contribution in [3.05, 3.63) is 65.0 Å². The molecule has 3 aromatic rings. The van der Waals surface area contributed by atoms with E-state index in [-0.39, 0.29) is 5.91 Å². The number of ether oxygens (including phenoxy) is 1. The maximum absolute atomic E-state index is 12.6. The average molecular weight is 389 g/mol. The molecule has 1 fully saturated rings. The number of thiazole rings is 1. The second-order valence-corrected chi connectivity index (χ2v) is 7.74. The van der Waals surface area contributed by atoms with Gasteiger partial charge in [-0.15, -0.1) is 0 Å². The molecular formula is C22H19N3O2S. The number of benzene rings is 2. The number of carbonyl (C=O) groups is 1. The Morgan fingerprint density at radius 3 is 2.61 bits per heavy atom. The Morgan fingerprint density at radius 1 is 1.04 bits per heavy atom. The number of amides is 1. The second kappa shape index (κ2) is 7.22. The summed E-state index contributed by atoms with van der Waals surface area (Å²) in [6.45, 7) is 3.10.